The molecule has 0 saturated heterocycles. The molecule has 0 bridgehead atoms. The van der Waals surface area contributed by atoms with Gasteiger partial charge in [0.2, 0.25) is 0 Å². The van der Waals surface area contributed by atoms with Crippen LogP contribution >= 0.6 is 11.3 Å². The smallest absolute Gasteiger partial charge is 0.355 e. The average Bonchev–Trinajstić information content (AvgIpc) is 3.08. The zero-order chi connectivity index (χ0) is 27.7. The first kappa shape index (κ1) is 26.6. The van der Waals surface area contributed by atoms with E-state index in [-0.39, 0.29) is 20.9 Å². The van der Waals surface area contributed by atoms with E-state index in [2.05, 4.69) is 16.3 Å². The molecule has 0 N–H and O–H groups in total. The van der Waals surface area contributed by atoms with Crippen molar-refractivity contribution in [2.75, 3.05) is 7.05 Å². The number of nitrogens with zero attached hydrogens (tertiary/aromatic N) is 5. The number of halogens is 8. The molecule has 1 aliphatic carbocycles. The highest BCUT2D eigenvalue weighted by atomic mass is 32.1. The van der Waals surface area contributed by atoms with Gasteiger partial charge in [0.05, 0.1) is 16.5 Å². The molecule has 7 nitrogen and oxygen atoms in total. The van der Waals surface area contributed by atoms with Crippen molar-refractivity contribution < 1.29 is 44.4 Å². The molecule has 4 rings (SSSR count). The van der Waals surface area contributed by atoms with Gasteiger partial charge < -0.3 is 9.42 Å². The Kier molecular flexibility index (Phi) is 5.94. The fourth-order valence-electron chi connectivity index (χ4n) is 3.77. The van der Waals surface area contributed by atoms with Crippen molar-refractivity contribution in [1.82, 2.24) is 19.8 Å². The van der Waals surface area contributed by atoms with Crippen LogP contribution in [0.4, 0.5) is 35.1 Å². The monoisotopic (exact) mass is 553 g/mol. The molecular weight excluding hydrogens is 538 g/mol. The standard InChI is InChI=1S/C21H15F8N5O2S/c1-9-10(17(35)33(2)18(8-30)4-5-18)6-13(37-9)12-7-11(32-36-12)15-14(20(24,25)26)16(31-34(15)3)19(22,23)21(27,28)29/h6-7H,4-5H2,1-3H3. The molecular formula is C21H15F8N5O2S. The molecule has 1 aliphatic rings. The van der Waals surface area contributed by atoms with E-state index in [1.807, 2.05) is 0 Å². The van der Waals surface area contributed by atoms with E-state index >= 15 is 0 Å². The number of amides is 1. The summed E-state index contributed by atoms with van der Waals surface area (Å²) in [7, 11) is 2.23. The highest BCUT2D eigenvalue weighted by Crippen LogP contribution is 2.50. The molecule has 3 aromatic rings. The van der Waals surface area contributed by atoms with Crippen LogP contribution < -0.4 is 0 Å². The highest BCUT2D eigenvalue weighted by Gasteiger charge is 2.64. The number of nitriles is 1. The van der Waals surface area contributed by atoms with E-state index < -0.39 is 52.4 Å². The maximum Gasteiger partial charge on any atom is 0.459 e. The van der Waals surface area contributed by atoms with Crippen molar-refractivity contribution in [1.29, 1.82) is 5.26 Å². The van der Waals surface area contributed by atoms with Gasteiger partial charge in [-0.3, -0.25) is 9.48 Å². The van der Waals surface area contributed by atoms with Gasteiger partial charge >= 0.3 is 18.3 Å². The molecule has 198 valence electrons. The molecule has 0 unspecified atom stereocenters. The predicted octanol–water partition coefficient (Wildman–Crippen LogP) is 5.91. The molecule has 16 heteroatoms. The zero-order valence-electron chi connectivity index (χ0n) is 19.1. The maximum atomic E-state index is 13.9. The van der Waals surface area contributed by atoms with E-state index in [1.165, 1.54) is 18.0 Å². The van der Waals surface area contributed by atoms with Crippen molar-refractivity contribution in [3.63, 3.8) is 0 Å². The Morgan fingerprint density at radius 2 is 1.81 bits per heavy atom. The van der Waals surface area contributed by atoms with Gasteiger partial charge in [-0.25, -0.2) is 0 Å². The minimum absolute atomic E-state index is 0.162. The van der Waals surface area contributed by atoms with Crippen LogP contribution in [0.25, 0.3) is 22.0 Å². The number of hydrogen-bond acceptors (Lipinski definition) is 6. The van der Waals surface area contributed by atoms with Crippen LogP contribution in [0.15, 0.2) is 16.7 Å². The first-order valence-corrected chi connectivity index (χ1v) is 11.1. The molecule has 0 atom stereocenters. The number of carbonyl (C=O) groups excluding carboxylic acids is 1. The summed E-state index contributed by atoms with van der Waals surface area (Å²) < 4.78 is 113. The largest absolute Gasteiger partial charge is 0.459 e. The minimum atomic E-state index is -6.33. The van der Waals surface area contributed by atoms with E-state index in [0.717, 1.165) is 24.5 Å². The van der Waals surface area contributed by atoms with Crippen molar-refractivity contribution >= 4 is 17.2 Å². The van der Waals surface area contributed by atoms with Crippen LogP contribution in [0.3, 0.4) is 0 Å². The van der Waals surface area contributed by atoms with Gasteiger partial charge in [-0.15, -0.1) is 11.3 Å². The molecule has 37 heavy (non-hydrogen) atoms. The summed E-state index contributed by atoms with van der Waals surface area (Å²) in [5.41, 5.74) is -7.37. The third kappa shape index (κ3) is 4.24. The van der Waals surface area contributed by atoms with Gasteiger partial charge in [0.25, 0.3) is 5.91 Å². The van der Waals surface area contributed by atoms with Crippen LogP contribution in [-0.4, -0.2) is 44.5 Å². The Morgan fingerprint density at radius 1 is 1.19 bits per heavy atom. The molecule has 0 aliphatic heterocycles. The normalized spacial score (nSPS) is 15.5. The molecule has 0 radical (unpaired) electrons. The number of hydrogen-bond donors (Lipinski definition) is 0. The second-order valence-electron chi connectivity index (χ2n) is 8.43. The lowest BCUT2D eigenvalue weighted by molar-refractivity contribution is -0.292. The summed E-state index contributed by atoms with van der Waals surface area (Å²) in [5.74, 6) is -6.52. The first-order valence-electron chi connectivity index (χ1n) is 10.3. The first-order chi connectivity index (χ1) is 16.9. The fraction of sp³-hybridized carbons (Fsp3) is 0.429. The van der Waals surface area contributed by atoms with Crippen LogP contribution in [0, 0.1) is 18.3 Å². The van der Waals surface area contributed by atoms with Crippen LogP contribution in [0.2, 0.25) is 0 Å². The number of carbonyl (C=O) groups is 1. The highest BCUT2D eigenvalue weighted by molar-refractivity contribution is 7.15. The van der Waals surface area contributed by atoms with Crippen molar-refractivity contribution in [2.45, 2.75) is 43.6 Å². The van der Waals surface area contributed by atoms with Gasteiger partial charge in [0.15, 0.2) is 11.5 Å². The van der Waals surface area contributed by atoms with Crippen LogP contribution in [0.5, 0.6) is 0 Å². The summed E-state index contributed by atoms with van der Waals surface area (Å²) >= 11 is 1.01. The molecule has 1 amide bonds. The second kappa shape index (κ2) is 8.27. The van der Waals surface area contributed by atoms with E-state index in [4.69, 9.17) is 4.52 Å². The number of thiophene rings is 1. The zero-order valence-corrected chi connectivity index (χ0v) is 19.9. The maximum absolute atomic E-state index is 13.9. The third-order valence-corrected chi connectivity index (χ3v) is 7.07. The molecule has 0 aromatic carbocycles. The topological polar surface area (TPSA) is 87.9 Å². The van der Waals surface area contributed by atoms with E-state index in [1.54, 1.807) is 6.92 Å². The molecule has 1 fully saturated rings. The SMILES string of the molecule is Cc1sc(-c2cc(-c3c(C(F)(F)F)c(C(F)(F)C(F)(F)F)nn3C)no2)cc1C(=O)N(C)C1(C#N)CC1. The van der Waals surface area contributed by atoms with E-state index in [0.29, 0.717) is 17.7 Å². The minimum Gasteiger partial charge on any atom is -0.355 e. The van der Waals surface area contributed by atoms with Crippen molar-refractivity contribution in [3.05, 3.63) is 33.8 Å². The Hall–Kier alpha value is -3.48. The van der Waals surface area contributed by atoms with Crippen molar-refractivity contribution in [3.8, 4) is 28.1 Å². The second-order valence-corrected chi connectivity index (χ2v) is 9.69. The van der Waals surface area contributed by atoms with Gasteiger partial charge in [-0.1, -0.05) is 5.16 Å². The lowest BCUT2D eigenvalue weighted by Crippen LogP contribution is -2.38. The number of alkyl halides is 8. The molecule has 0 spiro atoms. The molecule has 1 saturated carbocycles. The van der Waals surface area contributed by atoms with Crippen LogP contribution in [0.1, 0.15) is 39.3 Å². The number of aryl methyl sites for hydroxylation is 2. The van der Waals surface area contributed by atoms with E-state index in [9.17, 15) is 45.2 Å². The summed E-state index contributed by atoms with van der Waals surface area (Å²) in [6.45, 7) is 1.59. The Labute approximate surface area is 206 Å². The average molecular weight is 553 g/mol. The summed E-state index contributed by atoms with van der Waals surface area (Å²) in [5, 5.41) is 15.6. The molecule has 3 heterocycles. The lowest BCUT2D eigenvalue weighted by Gasteiger charge is -2.21. The molecule has 3 aromatic heterocycles. The van der Waals surface area contributed by atoms with Crippen LogP contribution in [-0.2, 0) is 19.1 Å². The number of aromatic nitrogens is 3. The summed E-state index contributed by atoms with van der Waals surface area (Å²) in [6.07, 6.45) is -11.0. The fourth-order valence-corrected chi connectivity index (χ4v) is 4.73. The predicted molar refractivity (Wildman–Crippen MR) is 111 cm³/mol. The quantitative estimate of drug-likeness (QED) is 0.367. The Bertz CT molecular complexity index is 1420. The van der Waals surface area contributed by atoms with Gasteiger partial charge in [0.1, 0.15) is 22.5 Å². The summed E-state index contributed by atoms with van der Waals surface area (Å²) in [4.78, 5) is 14.9. The van der Waals surface area contributed by atoms with Crippen molar-refractivity contribution in [2.24, 2.45) is 7.05 Å². The summed E-state index contributed by atoms with van der Waals surface area (Å²) in [6, 6.07) is 4.37. The lowest BCUT2D eigenvalue weighted by atomic mass is 10.0. The Balaban J connectivity index is 1.76. The Morgan fingerprint density at radius 3 is 2.32 bits per heavy atom. The van der Waals surface area contributed by atoms with Gasteiger partial charge in [-0.05, 0) is 25.8 Å². The van der Waals surface area contributed by atoms with Gasteiger partial charge in [-0.2, -0.15) is 45.5 Å². The van der Waals surface area contributed by atoms with Gasteiger partial charge in [0, 0.05) is 25.0 Å². The third-order valence-electron chi connectivity index (χ3n) is 6.01. The number of rotatable bonds is 5.